The Morgan fingerprint density at radius 2 is 1.91 bits per heavy atom. The van der Waals surface area contributed by atoms with Crippen LogP contribution in [0.3, 0.4) is 0 Å². The minimum absolute atomic E-state index is 0.0109. The average molecular weight is 326 g/mol. The molecular weight excluding hydrogens is 304 g/mol. The Bertz CT molecular complexity index is 539. The zero-order chi connectivity index (χ0) is 17.4. The van der Waals surface area contributed by atoms with Crippen LogP contribution in [0.1, 0.15) is 40.0 Å². The molecule has 0 aliphatic carbocycles. The van der Waals surface area contributed by atoms with Crippen molar-refractivity contribution in [3.8, 4) is 0 Å². The summed E-state index contributed by atoms with van der Waals surface area (Å²) in [6.07, 6.45) is 0.360. The zero-order valence-corrected chi connectivity index (χ0v) is 13.6. The number of hydrogen-bond donors (Lipinski definition) is 1. The van der Waals surface area contributed by atoms with Gasteiger partial charge in [-0.25, -0.2) is 4.79 Å². The Morgan fingerprint density at radius 1 is 1.26 bits per heavy atom. The summed E-state index contributed by atoms with van der Waals surface area (Å²) in [7, 11) is 0. The Balaban J connectivity index is 2.01. The topological polar surface area (TPSA) is 104 Å². The summed E-state index contributed by atoms with van der Waals surface area (Å²) in [5.41, 5.74) is -0.626. The predicted molar refractivity (Wildman–Crippen MR) is 77.3 cm³/mol. The molecule has 23 heavy (non-hydrogen) atoms. The number of nitrogens with zero attached hydrogens (tertiary/aromatic N) is 2. The van der Waals surface area contributed by atoms with Gasteiger partial charge < -0.3 is 9.64 Å². The van der Waals surface area contributed by atoms with Crippen molar-refractivity contribution in [2.75, 3.05) is 13.1 Å². The molecule has 0 saturated carbocycles. The van der Waals surface area contributed by atoms with Crippen LogP contribution in [-0.2, 0) is 19.1 Å². The zero-order valence-electron chi connectivity index (χ0n) is 13.6. The number of Topliss-reactive ketones (excluding diaryl/α,β-unsaturated/α-hetero) is 1. The van der Waals surface area contributed by atoms with Gasteiger partial charge in [0, 0.05) is 25.4 Å². The monoisotopic (exact) mass is 326 g/mol. The summed E-state index contributed by atoms with van der Waals surface area (Å²) in [5, 5.41) is 9.26. The van der Waals surface area contributed by atoms with E-state index in [-0.39, 0.29) is 18.0 Å². The highest BCUT2D eigenvalue weighted by Crippen LogP contribution is 2.27. The number of hydroxylamine groups is 2. The van der Waals surface area contributed by atoms with Crippen LogP contribution >= 0.6 is 0 Å². The molecule has 2 aliphatic rings. The molecule has 1 N–H and O–H groups in total. The Labute approximate surface area is 134 Å². The molecule has 2 saturated heterocycles. The van der Waals surface area contributed by atoms with Crippen LogP contribution in [0.2, 0.25) is 0 Å². The number of amides is 3. The van der Waals surface area contributed by atoms with Gasteiger partial charge in [-0.15, -0.1) is 0 Å². The third kappa shape index (κ3) is 3.87. The average Bonchev–Trinajstić information content (AvgIpc) is 2.72. The molecule has 0 aromatic heterocycles. The minimum atomic E-state index is -1.14. The predicted octanol–water partition coefficient (Wildman–Crippen LogP) is 0.967. The molecule has 2 fully saturated rings. The van der Waals surface area contributed by atoms with Gasteiger partial charge in [0.25, 0.3) is 11.8 Å². The second-order valence-corrected chi connectivity index (χ2v) is 6.97. The van der Waals surface area contributed by atoms with E-state index < -0.39 is 41.1 Å². The first-order valence-electron chi connectivity index (χ1n) is 7.67. The van der Waals surface area contributed by atoms with E-state index in [1.54, 1.807) is 20.8 Å². The van der Waals surface area contributed by atoms with Gasteiger partial charge in [0.05, 0.1) is 0 Å². The van der Waals surface area contributed by atoms with Crippen molar-refractivity contribution in [2.45, 2.75) is 45.6 Å². The first kappa shape index (κ1) is 17.4. The Kier molecular flexibility index (Phi) is 4.74. The van der Waals surface area contributed by atoms with Gasteiger partial charge in [-0.05, 0) is 33.6 Å². The molecule has 8 heteroatoms. The maximum absolute atomic E-state index is 12.5. The minimum Gasteiger partial charge on any atom is -0.444 e. The standard InChI is InChI=1S/C15H22N2O6/c1-15(2,3)23-14(21)16-6-4-5-9(8-16)12(19)10-7-11(18)17(22)13(10)20/h9-10,22H,4-8H2,1-3H3. The summed E-state index contributed by atoms with van der Waals surface area (Å²) < 4.78 is 5.29. The fraction of sp³-hybridized carbons (Fsp3) is 0.733. The fourth-order valence-electron chi connectivity index (χ4n) is 2.83. The van der Waals surface area contributed by atoms with Crippen molar-refractivity contribution < 1.29 is 29.1 Å². The third-order valence-corrected chi connectivity index (χ3v) is 3.94. The fourth-order valence-corrected chi connectivity index (χ4v) is 2.83. The van der Waals surface area contributed by atoms with Crippen molar-refractivity contribution >= 4 is 23.7 Å². The second-order valence-electron chi connectivity index (χ2n) is 6.97. The van der Waals surface area contributed by atoms with Gasteiger partial charge in [0.2, 0.25) is 0 Å². The third-order valence-electron chi connectivity index (χ3n) is 3.94. The lowest BCUT2D eigenvalue weighted by Gasteiger charge is -2.34. The van der Waals surface area contributed by atoms with Crippen molar-refractivity contribution in [1.29, 1.82) is 0 Å². The number of piperidine rings is 1. The van der Waals surface area contributed by atoms with Gasteiger partial charge in [-0.3, -0.25) is 19.6 Å². The van der Waals surface area contributed by atoms with Crippen LogP contribution in [-0.4, -0.2) is 57.6 Å². The smallest absolute Gasteiger partial charge is 0.410 e. The first-order valence-corrected chi connectivity index (χ1v) is 7.67. The van der Waals surface area contributed by atoms with E-state index in [2.05, 4.69) is 0 Å². The van der Waals surface area contributed by atoms with E-state index in [9.17, 15) is 24.4 Å². The molecule has 2 unspecified atom stereocenters. The summed E-state index contributed by atoms with van der Waals surface area (Å²) in [6, 6.07) is 0. The number of likely N-dealkylation sites (tertiary alicyclic amines) is 1. The Hall–Kier alpha value is -1.96. The molecule has 0 aromatic carbocycles. The van der Waals surface area contributed by atoms with Gasteiger partial charge in [0.1, 0.15) is 11.5 Å². The highest BCUT2D eigenvalue weighted by Gasteiger charge is 2.45. The molecule has 2 heterocycles. The number of ketones is 1. The SMILES string of the molecule is CC(C)(C)OC(=O)N1CCCC(C(=O)C2CC(=O)N(O)C2=O)C1. The van der Waals surface area contributed by atoms with E-state index in [0.717, 1.165) is 0 Å². The van der Waals surface area contributed by atoms with E-state index in [4.69, 9.17) is 4.74 Å². The van der Waals surface area contributed by atoms with Crippen LogP contribution in [0.25, 0.3) is 0 Å². The molecule has 8 nitrogen and oxygen atoms in total. The van der Waals surface area contributed by atoms with Crippen molar-refractivity contribution in [3.63, 3.8) is 0 Å². The maximum Gasteiger partial charge on any atom is 0.410 e. The van der Waals surface area contributed by atoms with Crippen LogP contribution in [0.4, 0.5) is 4.79 Å². The lowest BCUT2D eigenvalue weighted by Crippen LogP contribution is -2.46. The molecule has 2 aliphatic heterocycles. The molecule has 0 radical (unpaired) electrons. The van der Waals surface area contributed by atoms with Crippen LogP contribution in [0, 0.1) is 11.8 Å². The highest BCUT2D eigenvalue weighted by atomic mass is 16.6. The van der Waals surface area contributed by atoms with E-state index in [1.807, 2.05) is 0 Å². The number of carbonyl (C=O) groups excluding carboxylic acids is 4. The molecule has 0 spiro atoms. The number of hydrogen-bond acceptors (Lipinski definition) is 6. The molecule has 2 atom stereocenters. The second kappa shape index (κ2) is 6.27. The van der Waals surface area contributed by atoms with Crippen LogP contribution in [0.15, 0.2) is 0 Å². The molecule has 0 bridgehead atoms. The maximum atomic E-state index is 12.5. The quantitative estimate of drug-likeness (QED) is 0.460. The number of carbonyl (C=O) groups is 4. The number of rotatable bonds is 2. The van der Waals surface area contributed by atoms with Gasteiger partial charge in [0.15, 0.2) is 5.78 Å². The van der Waals surface area contributed by atoms with Gasteiger partial charge in [-0.2, -0.15) is 5.06 Å². The molecule has 128 valence electrons. The summed E-state index contributed by atoms with van der Waals surface area (Å²) in [4.78, 5) is 49.1. The molecule has 0 aromatic rings. The largest absolute Gasteiger partial charge is 0.444 e. The molecular formula is C15H22N2O6. The van der Waals surface area contributed by atoms with E-state index >= 15 is 0 Å². The summed E-state index contributed by atoms with van der Waals surface area (Å²) in [6.45, 7) is 5.93. The lowest BCUT2D eigenvalue weighted by atomic mass is 9.86. The number of ether oxygens (including phenoxy) is 1. The van der Waals surface area contributed by atoms with Crippen LogP contribution < -0.4 is 0 Å². The van der Waals surface area contributed by atoms with E-state index in [0.29, 0.717) is 19.4 Å². The molecule has 3 amide bonds. The highest BCUT2D eigenvalue weighted by molar-refractivity contribution is 6.13. The van der Waals surface area contributed by atoms with Crippen molar-refractivity contribution in [1.82, 2.24) is 9.96 Å². The summed E-state index contributed by atoms with van der Waals surface area (Å²) >= 11 is 0. The van der Waals surface area contributed by atoms with Gasteiger partial charge >= 0.3 is 6.09 Å². The van der Waals surface area contributed by atoms with E-state index in [1.165, 1.54) is 4.90 Å². The lowest BCUT2D eigenvalue weighted by molar-refractivity contribution is -0.172. The van der Waals surface area contributed by atoms with Crippen molar-refractivity contribution in [2.24, 2.45) is 11.8 Å². The molecule has 2 rings (SSSR count). The number of imide groups is 1. The normalized spacial score (nSPS) is 25.7. The van der Waals surface area contributed by atoms with Crippen molar-refractivity contribution in [3.05, 3.63) is 0 Å². The van der Waals surface area contributed by atoms with Crippen LogP contribution in [0.5, 0.6) is 0 Å². The Morgan fingerprint density at radius 3 is 2.43 bits per heavy atom. The summed E-state index contributed by atoms with van der Waals surface area (Å²) in [5.74, 6) is -3.71. The first-order chi connectivity index (χ1) is 10.6. The van der Waals surface area contributed by atoms with Gasteiger partial charge in [-0.1, -0.05) is 0 Å².